The van der Waals surface area contributed by atoms with Crippen molar-refractivity contribution in [2.24, 2.45) is 0 Å². The highest BCUT2D eigenvalue weighted by Crippen LogP contribution is 2.24. The number of carbonyl (C=O) groups is 2. The number of hydrogen-bond donors (Lipinski definition) is 1. The van der Waals surface area contributed by atoms with Crippen LogP contribution in [0.15, 0.2) is 42.5 Å². The van der Waals surface area contributed by atoms with Gasteiger partial charge < -0.3 is 24.6 Å². The molecule has 7 heteroatoms. The van der Waals surface area contributed by atoms with Crippen molar-refractivity contribution in [3.8, 4) is 11.5 Å². The lowest BCUT2D eigenvalue weighted by atomic mass is 10.1. The molecule has 0 aliphatic carbocycles. The summed E-state index contributed by atoms with van der Waals surface area (Å²) >= 11 is 0. The van der Waals surface area contributed by atoms with Gasteiger partial charge in [0.25, 0.3) is 5.91 Å². The number of benzene rings is 2. The minimum absolute atomic E-state index is 0.230. The molecule has 184 valence electrons. The molecule has 0 unspecified atom stereocenters. The highest BCUT2D eigenvalue weighted by molar-refractivity contribution is 6.04. The molecule has 0 radical (unpaired) electrons. The van der Waals surface area contributed by atoms with Crippen LogP contribution in [-0.2, 0) is 4.79 Å². The largest absolute Gasteiger partial charge is 0.497 e. The Morgan fingerprint density at radius 1 is 0.853 bits per heavy atom. The fraction of sp³-hybridized carbons (Fsp3) is 0.481. The first-order chi connectivity index (χ1) is 16.5. The van der Waals surface area contributed by atoms with Gasteiger partial charge in [0.1, 0.15) is 11.5 Å². The third-order valence-electron chi connectivity index (χ3n) is 6.23. The summed E-state index contributed by atoms with van der Waals surface area (Å²) in [6.45, 7) is 5.34. The highest BCUT2D eigenvalue weighted by Gasteiger charge is 2.21. The molecule has 2 aromatic carbocycles. The number of ether oxygens (including phenoxy) is 2. The van der Waals surface area contributed by atoms with Crippen LogP contribution in [0.5, 0.6) is 11.5 Å². The number of methoxy groups -OCH3 is 2. The summed E-state index contributed by atoms with van der Waals surface area (Å²) in [6.07, 6.45) is 6.51. The number of anilines is 2. The van der Waals surface area contributed by atoms with Crippen molar-refractivity contribution >= 4 is 23.2 Å². The first kappa shape index (κ1) is 25.4. The topological polar surface area (TPSA) is 71.1 Å². The molecule has 0 aromatic heterocycles. The second-order valence-electron chi connectivity index (χ2n) is 8.63. The Balaban J connectivity index is 1.49. The molecule has 2 aromatic rings. The zero-order chi connectivity index (χ0) is 24.3. The van der Waals surface area contributed by atoms with E-state index >= 15 is 0 Å². The Bertz CT molecular complexity index is 915. The molecule has 0 saturated carbocycles. The maximum Gasteiger partial charge on any atom is 0.255 e. The van der Waals surface area contributed by atoms with E-state index in [1.165, 1.54) is 19.3 Å². The summed E-state index contributed by atoms with van der Waals surface area (Å²) in [5, 5.41) is 2.92. The Morgan fingerprint density at radius 2 is 1.47 bits per heavy atom. The quantitative estimate of drug-likeness (QED) is 0.473. The first-order valence-electron chi connectivity index (χ1n) is 12.2. The van der Waals surface area contributed by atoms with E-state index in [0.29, 0.717) is 29.2 Å². The molecule has 1 saturated heterocycles. The normalized spacial score (nSPS) is 13.5. The molecule has 1 fully saturated rings. The minimum atomic E-state index is -0.230. The van der Waals surface area contributed by atoms with Crippen molar-refractivity contribution in [2.45, 2.75) is 45.4 Å². The Hall–Kier alpha value is -3.22. The number of nitrogens with one attached hydrogen (secondary N) is 1. The summed E-state index contributed by atoms with van der Waals surface area (Å²) < 4.78 is 10.5. The summed E-state index contributed by atoms with van der Waals surface area (Å²) in [5.41, 5.74) is 2.27. The predicted octanol–water partition coefficient (Wildman–Crippen LogP) is 4.97. The van der Waals surface area contributed by atoms with E-state index in [1.807, 2.05) is 29.2 Å². The van der Waals surface area contributed by atoms with Gasteiger partial charge in [-0.1, -0.05) is 32.6 Å². The number of rotatable bonds is 11. The van der Waals surface area contributed by atoms with Crippen LogP contribution < -0.4 is 19.7 Å². The Kier molecular flexibility index (Phi) is 9.62. The number of hydrogen-bond acceptors (Lipinski definition) is 5. The standard InChI is InChI=1S/C27H37N3O4/c1-4-5-6-7-8-9-26(31)30-16-14-29(15-17-30)23-12-10-22(11-13-23)28-27(32)21-18-24(33-2)20-25(19-21)34-3/h10-13,18-20H,4-9,14-17H2,1-3H3,(H,28,32). The molecule has 3 rings (SSSR count). The third kappa shape index (κ3) is 7.14. The second-order valence-corrected chi connectivity index (χ2v) is 8.63. The van der Waals surface area contributed by atoms with Gasteiger partial charge in [-0.25, -0.2) is 0 Å². The van der Waals surface area contributed by atoms with Gasteiger partial charge >= 0.3 is 0 Å². The molecule has 1 heterocycles. The van der Waals surface area contributed by atoms with Crippen molar-refractivity contribution in [3.63, 3.8) is 0 Å². The maximum atomic E-state index is 12.7. The van der Waals surface area contributed by atoms with E-state index in [0.717, 1.165) is 44.7 Å². The Labute approximate surface area is 203 Å². The van der Waals surface area contributed by atoms with Gasteiger partial charge in [0.15, 0.2) is 0 Å². The molecule has 1 N–H and O–H groups in total. The number of piperazine rings is 1. The number of carbonyl (C=O) groups excluding carboxylic acids is 2. The summed E-state index contributed by atoms with van der Waals surface area (Å²) in [6, 6.07) is 12.9. The molecule has 0 spiro atoms. The molecule has 0 atom stereocenters. The van der Waals surface area contributed by atoms with Crippen molar-refractivity contribution < 1.29 is 19.1 Å². The molecular weight excluding hydrogens is 430 g/mol. The lowest BCUT2D eigenvalue weighted by molar-refractivity contribution is -0.131. The summed E-state index contributed by atoms with van der Waals surface area (Å²) in [4.78, 5) is 29.4. The van der Waals surface area contributed by atoms with E-state index in [-0.39, 0.29) is 11.8 Å². The van der Waals surface area contributed by atoms with Gasteiger partial charge in [0.05, 0.1) is 14.2 Å². The van der Waals surface area contributed by atoms with Gasteiger partial charge in [-0.05, 0) is 42.8 Å². The third-order valence-corrected chi connectivity index (χ3v) is 6.23. The monoisotopic (exact) mass is 467 g/mol. The van der Waals surface area contributed by atoms with Crippen LogP contribution in [0.4, 0.5) is 11.4 Å². The van der Waals surface area contributed by atoms with Crippen LogP contribution in [0.25, 0.3) is 0 Å². The molecule has 1 aliphatic heterocycles. The van der Waals surface area contributed by atoms with Crippen LogP contribution in [0, 0.1) is 0 Å². The molecule has 34 heavy (non-hydrogen) atoms. The van der Waals surface area contributed by atoms with E-state index in [9.17, 15) is 9.59 Å². The second kappa shape index (κ2) is 12.9. The van der Waals surface area contributed by atoms with Crippen LogP contribution in [0.3, 0.4) is 0 Å². The van der Waals surface area contributed by atoms with Crippen molar-refractivity contribution in [3.05, 3.63) is 48.0 Å². The fourth-order valence-electron chi connectivity index (χ4n) is 4.15. The van der Waals surface area contributed by atoms with Crippen molar-refractivity contribution in [1.29, 1.82) is 0 Å². The molecule has 1 aliphatic rings. The molecule has 7 nitrogen and oxygen atoms in total. The predicted molar refractivity (Wildman–Crippen MR) is 136 cm³/mol. The van der Waals surface area contributed by atoms with Crippen molar-refractivity contribution in [1.82, 2.24) is 4.90 Å². The molecule has 0 bridgehead atoms. The van der Waals surface area contributed by atoms with Crippen LogP contribution in [0.2, 0.25) is 0 Å². The number of unbranched alkanes of at least 4 members (excludes halogenated alkanes) is 4. The average molecular weight is 468 g/mol. The molecular formula is C27H37N3O4. The van der Waals surface area contributed by atoms with Gasteiger partial charge in [0.2, 0.25) is 5.91 Å². The van der Waals surface area contributed by atoms with Crippen LogP contribution in [0.1, 0.15) is 55.8 Å². The van der Waals surface area contributed by atoms with E-state index in [4.69, 9.17) is 9.47 Å². The van der Waals surface area contributed by atoms with Crippen LogP contribution in [-0.4, -0.2) is 57.1 Å². The lowest BCUT2D eigenvalue weighted by Gasteiger charge is -2.36. The SMILES string of the molecule is CCCCCCCC(=O)N1CCN(c2ccc(NC(=O)c3cc(OC)cc(OC)c3)cc2)CC1. The zero-order valence-electron chi connectivity index (χ0n) is 20.6. The van der Waals surface area contributed by atoms with Gasteiger partial charge in [-0.3, -0.25) is 9.59 Å². The fourth-order valence-corrected chi connectivity index (χ4v) is 4.15. The van der Waals surface area contributed by atoms with E-state index in [2.05, 4.69) is 17.1 Å². The average Bonchev–Trinajstić information content (AvgIpc) is 2.88. The van der Waals surface area contributed by atoms with Gasteiger partial charge in [-0.2, -0.15) is 0 Å². The minimum Gasteiger partial charge on any atom is -0.497 e. The summed E-state index contributed by atoms with van der Waals surface area (Å²) in [5.74, 6) is 1.18. The van der Waals surface area contributed by atoms with Crippen molar-refractivity contribution in [2.75, 3.05) is 50.6 Å². The maximum absolute atomic E-state index is 12.7. The van der Waals surface area contributed by atoms with E-state index in [1.54, 1.807) is 32.4 Å². The lowest BCUT2D eigenvalue weighted by Crippen LogP contribution is -2.48. The van der Waals surface area contributed by atoms with Gasteiger partial charge in [0, 0.05) is 55.6 Å². The first-order valence-corrected chi connectivity index (χ1v) is 12.2. The summed E-state index contributed by atoms with van der Waals surface area (Å²) in [7, 11) is 3.11. The number of amides is 2. The van der Waals surface area contributed by atoms with Crippen LogP contribution >= 0.6 is 0 Å². The van der Waals surface area contributed by atoms with E-state index < -0.39 is 0 Å². The zero-order valence-corrected chi connectivity index (χ0v) is 20.6. The molecule has 2 amide bonds. The number of nitrogens with zero attached hydrogens (tertiary/aromatic N) is 2. The smallest absolute Gasteiger partial charge is 0.255 e. The van der Waals surface area contributed by atoms with Gasteiger partial charge in [-0.15, -0.1) is 0 Å². The Morgan fingerprint density at radius 3 is 2.06 bits per heavy atom. The highest BCUT2D eigenvalue weighted by atomic mass is 16.5.